The minimum Gasteiger partial charge on any atom is -0.386 e. The van der Waals surface area contributed by atoms with Crippen LogP contribution in [0.1, 0.15) is 33.6 Å². The van der Waals surface area contributed by atoms with Crippen LogP contribution in [0.25, 0.3) is 0 Å². The molecule has 0 saturated carbocycles. The first kappa shape index (κ1) is 9.53. The Balaban J connectivity index is 2.79. The van der Waals surface area contributed by atoms with Crippen molar-refractivity contribution < 1.29 is 5.11 Å². The molecule has 0 aromatic carbocycles. The summed E-state index contributed by atoms with van der Waals surface area (Å²) in [5, 5.41) is 9.95. The summed E-state index contributed by atoms with van der Waals surface area (Å²) in [5.41, 5.74) is 1.67. The Morgan fingerprint density at radius 1 is 1.75 bits per heavy atom. The monoisotopic (exact) mass is 166 g/mol. The molecular formula is C11H18O. The van der Waals surface area contributed by atoms with Gasteiger partial charge in [0.1, 0.15) is 0 Å². The van der Waals surface area contributed by atoms with Gasteiger partial charge >= 0.3 is 0 Å². The summed E-state index contributed by atoms with van der Waals surface area (Å²) < 4.78 is 0. The summed E-state index contributed by atoms with van der Waals surface area (Å²) in [4.78, 5) is 0. The molecule has 0 saturated heterocycles. The largest absolute Gasteiger partial charge is 0.386 e. The van der Waals surface area contributed by atoms with E-state index in [1.54, 1.807) is 0 Å². The highest BCUT2D eigenvalue weighted by atomic mass is 16.3. The molecule has 1 unspecified atom stereocenters. The van der Waals surface area contributed by atoms with Crippen LogP contribution in [-0.2, 0) is 0 Å². The molecule has 1 N–H and O–H groups in total. The van der Waals surface area contributed by atoms with Gasteiger partial charge in [-0.05, 0) is 45.1 Å². The van der Waals surface area contributed by atoms with Crippen LogP contribution < -0.4 is 0 Å². The van der Waals surface area contributed by atoms with Crippen LogP contribution in [-0.4, -0.2) is 10.7 Å². The Morgan fingerprint density at radius 3 is 2.75 bits per heavy atom. The first-order chi connectivity index (χ1) is 5.43. The Kier molecular flexibility index (Phi) is 2.43. The molecule has 0 bridgehead atoms. The highest BCUT2D eigenvalue weighted by molar-refractivity contribution is 5.20. The third kappa shape index (κ3) is 1.78. The molecule has 0 fully saturated rings. The Labute approximate surface area is 74.8 Å². The van der Waals surface area contributed by atoms with Crippen molar-refractivity contribution in [1.29, 1.82) is 0 Å². The number of hydrogen-bond donors (Lipinski definition) is 1. The lowest BCUT2D eigenvalue weighted by Crippen LogP contribution is -2.32. The zero-order chi connectivity index (χ0) is 9.35. The van der Waals surface area contributed by atoms with Gasteiger partial charge in [0.05, 0.1) is 5.60 Å². The summed E-state index contributed by atoms with van der Waals surface area (Å²) in [6.07, 6.45) is 3.99. The highest BCUT2D eigenvalue weighted by Gasteiger charge is 2.30. The van der Waals surface area contributed by atoms with Gasteiger partial charge in [-0.3, -0.25) is 0 Å². The summed E-state index contributed by atoms with van der Waals surface area (Å²) in [6.45, 7) is 9.84. The van der Waals surface area contributed by atoms with E-state index in [0.29, 0.717) is 5.92 Å². The average molecular weight is 166 g/mol. The first-order valence-corrected chi connectivity index (χ1v) is 4.48. The van der Waals surface area contributed by atoms with Crippen LogP contribution >= 0.6 is 0 Å². The number of hydrogen-bond acceptors (Lipinski definition) is 1. The minimum atomic E-state index is -0.609. The lowest BCUT2D eigenvalue weighted by atomic mass is 9.77. The van der Waals surface area contributed by atoms with E-state index in [9.17, 15) is 5.11 Å². The fourth-order valence-electron chi connectivity index (χ4n) is 1.64. The Hall–Kier alpha value is -0.560. The van der Waals surface area contributed by atoms with Crippen LogP contribution in [0.4, 0.5) is 0 Å². The van der Waals surface area contributed by atoms with Crippen LogP contribution in [0.2, 0.25) is 0 Å². The van der Waals surface area contributed by atoms with E-state index >= 15 is 0 Å². The van der Waals surface area contributed by atoms with Crippen LogP contribution in [0.5, 0.6) is 0 Å². The predicted molar refractivity (Wildman–Crippen MR) is 51.9 cm³/mol. The quantitative estimate of drug-likeness (QED) is 0.594. The van der Waals surface area contributed by atoms with E-state index in [1.807, 2.05) is 20.8 Å². The van der Waals surface area contributed by atoms with E-state index < -0.39 is 5.60 Å². The molecule has 0 heterocycles. The second-order valence-electron chi connectivity index (χ2n) is 4.14. The number of allylic oxidation sites excluding steroid dienone is 2. The molecule has 0 aromatic rings. The number of rotatable bonds is 1. The summed E-state index contributed by atoms with van der Waals surface area (Å²) in [5.74, 6) is 0.462. The van der Waals surface area contributed by atoms with Crippen molar-refractivity contribution in [3.63, 3.8) is 0 Å². The number of aliphatic hydroxyl groups is 1. The maximum absolute atomic E-state index is 9.95. The lowest BCUT2D eigenvalue weighted by Gasteiger charge is -2.33. The van der Waals surface area contributed by atoms with Crippen LogP contribution in [0.3, 0.4) is 0 Å². The normalized spacial score (nSPS) is 36.0. The molecule has 0 radical (unpaired) electrons. The third-order valence-electron chi connectivity index (χ3n) is 2.90. The topological polar surface area (TPSA) is 20.2 Å². The van der Waals surface area contributed by atoms with Crippen molar-refractivity contribution in [1.82, 2.24) is 0 Å². The van der Waals surface area contributed by atoms with Gasteiger partial charge in [0.2, 0.25) is 0 Å². The fourth-order valence-corrected chi connectivity index (χ4v) is 1.64. The van der Waals surface area contributed by atoms with Gasteiger partial charge < -0.3 is 5.11 Å². The van der Waals surface area contributed by atoms with Crippen LogP contribution in [0, 0.1) is 5.92 Å². The molecular weight excluding hydrogens is 148 g/mol. The summed E-state index contributed by atoms with van der Waals surface area (Å²) in [7, 11) is 0. The van der Waals surface area contributed by atoms with E-state index in [1.165, 1.54) is 5.57 Å². The molecule has 1 aliphatic carbocycles. The van der Waals surface area contributed by atoms with E-state index in [4.69, 9.17) is 0 Å². The Morgan fingerprint density at radius 2 is 2.33 bits per heavy atom. The minimum absolute atomic E-state index is 0.462. The molecule has 12 heavy (non-hydrogen) atoms. The Bertz CT molecular complexity index is 223. The summed E-state index contributed by atoms with van der Waals surface area (Å²) >= 11 is 0. The van der Waals surface area contributed by atoms with Gasteiger partial charge in [0.25, 0.3) is 0 Å². The smallest absolute Gasteiger partial charge is 0.0831 e. The molecule has 1 aliphatic rings. The standard InChI is InChI=1S/C11H18O/c1-8(2)10-6-5-9(3)11(4,12)7-10/h5,10,12H,1,6-7H2,2-4H3/t10-,11?/m0/s1. The molecule has 1 nitrogen and oxygen atoms in total. The molecule has 0 spiro atoms. The maximum Gasteiger partial charge on any atom is 0.0831 e. The molecule has 2 atom stereocenters. The third-order valence-corrected chi connectivity index (χ3v) is 2.90. The lowest BCUT2D eigenvalue weighted by molar-refractivity contribution is 0.0683. The van der Waals surface area contributed by atoms with Crippen molar-refractivity contribution in [2.45, 2.75) is 39.2 Å². The SMILES string of the molecule is C=C(C)[C@H]1CC=C(C)C(C)(O)C1. The molecule has 68 valence electrons. The van der Waals surface area contributed by atoms with Crippen molar-refractivity contribution >= 4 is 0 Å². The van der Waals surface area contributed by atoms with Crippen molar-refractivity contribution in [3.8, 4) is 0 Å². The zero-order valence-corrected chi connectivity index (χ0v) is 8.22. The van der Waals surface area contributed by atoms with Crippen molar-refractivity contribution in [2.75, 3.05) is 0 Å². The van der Waals surface area contributed by atoms with Gasteiger partial charge in [0.15, 0.2) is 0 Å². The van der Waals surface area contributed by atoms with E-state index in [2.05, 4.69) is 12.7 Å². The molecule has 0 aliphatic heterocycles. The average Bonchev–Trinajstić information content (AvgIpc) is 1.94. The summed E-state index contributed by atoms with van der Waals surface area (Å²) in [6, 6.07) is 0. The fraction of sp³-hybridized carbons (Fsp3) is 0.636. The molecule has 0 aromatic heterocycles. The first-order valence-electron chi connectivity index (χ1n) is 4.48. The van der Waals surface area contributed by atoms with E-state index in [0.717, 1.165) is 18.4 Å². The van der Waals surface area contributed by atoms with Crippen molar-refractivity contribution in [2.24, 2.45) is 5.92 Å². The maximum atomic E-state index is 9.95. The van der Waals surface area contributed by atoms with E-state index in [-0.39, 0.29) is 0 Å². The van der Waals surface area contributed by atoms with Gasteiger partial charge in [-0.25, -0.2) is 0 Å². The van der Waals surface area contributed by atoms with Gasteiger partial charge in [0, 0.05) is 0 Å². The molecule has 1 heteroatoms. The predicted octanol–water partition coefficient (Wildman–Crippen LogP) is 2.67. The van der Waals surface area contributed by atoms with Crippen molar-refractivity contribution in [3.05, 3.63) is 23.8 Å². The van der Waals surface area contributed by atoms with Gasteiger partial charge in [-0.2, -0.15) is 0 Å². The molecule has 0 amide bonds. The van der Waals surface area contributed by atoms with Gasteiger partial charge in [-0.15, -0.1) is 0 Å². The second kappa shape index (κ2) is 3.06. The zero-order valence-electron chi connectivity index (χ0n) is 8.22. The van der Waals surface area contributed by atoms with Crippen LogP contribution in [0.15, 0.2) is 23.8 Å². The second-order valence-corrected chi connectivity index (χ2v) is 4.14. The van der Waals surface area contributed by atoms with Gasteiger partial charge in [-0.1, -0.05) is 18.2 Å². The highest BCUT2D eigenvalue weighted by Crippen LogP contribution is 2.35. The molecule has 1 rings (SSSR count).